The molecule has 10 nitrogen and oxygen atoms in total. The van der Waals surface area contributed by atoms with Crippen LogP contribution in [0.5, 0.6) is 0 Å². The van der Waals surface area contributed by atoms with Crippen LogP contribution in [0.4, 0.5) is 0 Å². The van der Waals surface area contributed by atoms with E-state index in [1.807, 2.05) is 28.0 Å². The molecule has 4 heterocycles. The van der Waals surface area contributed by atoms with Gasteiger partial charge >= 0.3 is 0 Å². The molecule has 0 aromatic carbocycles. The van der Waals surface area contributed by atoms with Crippen molar-refractivity contribution in [1.82, 2.24) is 29.6 Å². The monoisotopic (exact) mass is 374 g/mol. The van der Waals surface area contributed by atoms with Crippen LogP contribution < -0.4 is 5.73 Å². The second kappa shape index (κ2) is 7.00. The molecular weight excluding hydrogens is 356 g/mol. The molecule has 0 saturated carbocycles. The average molecular weight is 374 g/mol. The molecule has 3 N–H and O–H groups in total. The van der Waals surface area contributed by atoms with Gasteiger partial charge in [-0.25, -0.2) is 9.97 Å². The van der Waals surface area contributed by atoms with Crippen LogP contribution in [0.1, 0.15) is 19.3 Å². The lowest BCUT2D eigenvalue weighted by atomic mass is 9.85. The maximum atomic E-state index is 9.40. The van der Waals surface area contributed by atoms with Crippen molar-refractivity contribution in [2.24, 2.45) is 10.7 Å². The van der Waals surface area contributed by atoms with Gasteiger partial charge in [0.1, 0.15) is 5.65 Å². The zero-order chi connectivity index (χ0) is 19.6. The Labute approximate surface area is 160 Å². The minimum Gasteiger partial charge on any atom is -0.369 e. The number of hydrogen-bond acceptors (Lipinski definition) is 6. The molecule has 1 aliphatic rings. The molecule has 0 spiro atoms. The van der Waals surface area contributed by atoms with Crippen molar-refractivity contribution in [3.63, 3.8) is 0 Å². The van der Waals surface area contributed by atoms with Crippen molar-refractivity contribution in [2.75, 3.05) is 13.1 Å². The molecule has 10 heteroatoms. The summed E-state index contributed by atoms with van der Waals surface area (Å²) in [7, 11) is 0. The standard InChI is InChI=1S/C18H18N10/c19-5-2-18(3-7-27(8-4-18)17(21)24-12-20)28-11-14(10-25-28)16-23-9-13-1-6-22-15(13)26-16/h1,6,9-11H,2-4,7-8H2,(H2,21,24)(H,22,23,26). The zero-order valence-corrected chi connectivity index (χ0v) is 15.1. The first-order valence-corrected chi connectivity index (χ1v) is 8.85. The quantitative estimate of drug-likeness (QED) is 0.399. The summed E-state index contributed by atoms with van der Waals surface area (Å²) in [6, 6.07) is 4.20. The van der Waals surface area contributed by atoms with Crippen molar-refractivity contribution in [3.05, 3.63) is 30.9 Å². The third-order valence-corrected chi connectivity index (χ3v) is 5.22. The van der Waals surface area contributed by atoms with E-state index in [1.54, 1.807) is 18.6 Å². The number of nitrogens with two attached hydrogens (primary N) is 1. The number of likely N-dealkylation sites (tertiary alicyclic amines) is 1. The van der Waals surface area contributed by atoms with E-state index >= 15 is 0 Å². The largest absolute Gasteiger partial charge is 0.369 e. The van der Waals surface area contributed by atoms with Crippen molar-refractivity contribution in [1.29, 1.82) is 10.5 Å². The number of nitriles is 2. The highest BCUT2D eigenvalue weighted by atomic mass is 15.3. The van der Waals surface area contributed by atoms with Crippen molar-refractivity contribution in [2.45, 2.75) is 24.8 Å². The molecule has 3 aromatic rings. The summed E-state index contributed by atoms with van der Waals surface area (Å²) in [5.74, 6) is 0.790. The second-order valence-electron chi connectivity index (χ2n) is 6.77. The lowest BCUT2D eigenvalue weighted by Gasteiger charge is -2.40. The molecule has 0 amide bonds. The predicted octanol–water partition coefficient (Wildman–Crippen LogP) is 1.32. The van der Waals surface area contributed by atoms with Crippen LogP contribution in [0.3, 0.4) is 0 Å². The van der Waals surface area contributed by atoms with Crippen LogP contribution in [-0.4, -0.2) is 48.7 Å². The Kier molecular flexibility index (Phi) is 4.38. The highest BCUT2D eigenvalue weighted by Crippen LogP contribution is 2.34. The summed E-state index contributed by atoms with van der Waals surface area (Å²) in [5.41, 5.74) is 6.95. The summed E-state index contributed by atoms with van der Waals surface area (Å²) in [4.78, 5) is 17.5. The molecule has 28 heavy (non-hydrogen) atoms. The fourth-order valence-corrected chi connectivity index (χ4v) is 3.58. The summed E-state index contributed by atoms with van der Waals surface area (Å²) >= 11 is 0. The topological polar surface area (TPSA) is 149 Å². The minimum absolute atomic E-state index is 0.210. The van der Waals surface area contributed by atoms with Crippen LogP contribution in [0, 0.1) is 22.8 Å². The van der Waals surface area contributed by atoms with Gasteiger partial charge in [-0.1, -0.05) is 0 Å². The number of hydrogen-bond donors (Lipinski definition) is 2. The molecule has 0 bridgehead atoms. The SMILES string of the molecule is N#CCC1(n2cc(-c3ncc4cc[nH]c4n3)cn2)CCN(C(N)=NC#N)CC1. The molecule has 0 radical (unpaired) electrons. The highest BCUT2D eigenvalue weighted by molar-refractivity contribution is 5.79. The number of aliphatic imine (C=N–C) groups is 1. The van der Waals surface area contributed by atoms with E-state index < -0.39 is 5.54 Å². The third-order valence-electron chi connectivity index (χ3n) is 5.22. The first-order chi connectivity index (χ1) is 13.6. The summed E-state index contributed by atoms with van der Waals surface area (Å²) in [6.07, 6.45) is 10.6. The number of aromatic amines is 1. The van der Waals surface area contributed by atoms with Gasteiger partial charge in [-0.3, -0.25) is 4.68 Å². The van der Waals surface area contributed by atoms with Crippen LogP contribution in [0.2, 0.25) is 0 Å². The zero-order valence-electron chi connectivity index (χ0n) is 15.1. The summed E-state index contributed by atoms with van der Waals surface area (Å²) in [6.45, 7) is 1.19. The molecule has 1 aliphatic heterocycles. The van der Waals surface area contributed by atoms with Crippen LogP contribution in [0.25, 0.3) is 22.4 Å². The van der Waals surface area contributed by atoms with Crippen LogP contribution in [0.15, 0.2) is 35.8 Å². The van der Waals surface area contributed by atoms with Gasteiger partial charge in [-0.2, -0.15) is 15.6 Å². The molecule has 0 unspecified atom stereocenters. The molecule has 140 valence electrons. The van der Waals surface area contributed by atoms with E-state index in [1.165, 1.54) is 0 Å². The van der Waals surface area contributed by atoms with E-state index in [0.29, 0.717) is 38.2 Å². The highest BCUT2D eigenvalue weighted by Gasteiger charge is 2.37. The Morgan fingerprint density at radius 2 is 2.14 bits per heavy atom. The Morgan fingerprint density at radius 3 is 2.89 bits per heavy atom. The fraction of sp³-hybridized carbons (Fsp3) is 0.333. The number of fused-ring (bicyclic) bond motifs is 1. The van der Waals surface area contributed by atoms with E-state index in [9.17, 15) is 5.26 Å². The molecule has 0 aliphatic carbocycles. The van der Waals surface area contributed by atoms with Gasteiger partial charge in [0.25, 0.3) is 0 Å². The molecular formula is C18H18N10. The van der Waals surface area contributed by atoms with E-state index in [2.05, 4.69) is 31.1 Å². The van der Waals surface area contributed by atoms with E-state index in [0.717, 1.165) is 16.6 Å². The molecule has 3 aromatic heterocycles. The Morgan fingerprint density at radius 1 is 1.32 bits per heavy atom. The number of H-pyrrole nitrogens is 1. The van der Waals surface area contributed by atoms with Gasteiger partial charge in [-0.15, -0.1) is 4.99 Å². The smallest absolute Gasteiger partial charge is 0.209 e. The molecule has 4 rings (SSSR count). The normalized spacial score (nSPS) is 16.6. The number of rotatable bonds is 3. The third kappa shape index (κ3) is 3.01. The number of piperidine rings is 1. The summed E-state index contributed by atoms with van der Waals surface area (Å²) < 4.78 is 1.85. The Hall–Kier alpha value is -3.92. The Balaban J connectivity index is 1.60. The van der Waals surface area contributed by atoms with Crippen LogP contribution in [-0.2, 0) is 5.54 Å². The maximum absolute atomic E-state index is 9.40. The Bertz CT molecular complexity index is 1100. The predicted molar refractivity (Wildman–Crippen MR) is 101 cm³/mol. The first kappa shape index (κ1) is 17.5. The van der Waals surface area contributed by atoms with Gasteiger partial charge in [0.05, 0.1) is 29.8 Å². The number of nitrogens with zero attached hydrogens (tertiary/aromatic N) is 8. The first-order valence-electron chi connectivity index (χ1n) is 8.85. The lowest BCUT2D eigenvalue weighted by molar-refractivity contribution is 0.141. The number of aromatic nitrogens is 5. The number of guanidine groups is 1. The van der Waals surface area contributed by atoms with Gasteiger partial charge in [-0.05, 0) is 18.9 Å². The lowest BCUT2D eigenvalue weighted by Crippen LogP contribution is -2.50. The van der Waals surface area contributed by atoms with Crippen molar-refractivity contribution >= 4 is 17.0 Å². The fourth-order valence-electron chi connectivity index (χ4n) is 3.58. The second-order valence-corrected chi connectivity index (χ2v) is 6.77. The van der Waals surface area contributed by atoms with Gasteiger partial charge < -0.3 is 15.6 Å². The number of nitrogens with one attached hydrogen (secondary N) is 1. The van der Waals surface area contributed by atoms with Gasteiger partial charge in [0, 0.05) is 37.1 Å². The van der Waals surface area contributed by atoms with Crippen molar-refractivity contribution in [3.8, 4) is 23.7 Å². The summed E-state index contributed by atoms with van der Waals surface area (Å²) in [5, 5.41) is 23.5. The molecule has 1 fully saturated rings. The maximum Gasteiger partial charge on any atom is 0.209 e. The average Bonchev–Trinajstić information content (AvgIpc) is 3.38. The molecule has 0 atom stereocenters. The van der Waals surface area contributed by atoms with Crippen LogP contribution >= 0.6 is 0 Å². The van der Waals surface area contributed by atoms with Gasteiger partial charge in [0.15, 0.2) is 5.82 Å². The van der Waals surface area contributed by atoms with E-state index in [-0.39, 0.29) is 5.96 Å². The van der Waals surface area contributed by atoms with Crippen molar-refractivity contribution < 1.29 is 0 Å². The minimum atomic E-state index is -0.438. The molecule has 1 saturated heterocycles. The van der Waals surface area contributed by atoms with E-state index in [4.69, 9.17) is 11.0 Å². The van der Waals surface area contributed by atoms with Gasteiger partial charge in [0.2, 0.25) is 12.2 Å².